The van der Waals surface area contributed by atoms with E-state index in [-0.39, 0.29) is 5.97 Å². The molecule has 0 spiro atoms. The number of hydrogen-bond acceptors (Lipinski definition) is 5. The van der Waals surface area contributed by atoms with E-state index in [2.05, 4.69) is 9.04 Å². The lowest BCUT2D eigenvalue weighted by molar-refractivity contribution is -0.140. The van der Waals surface area contributed by atoms with Crippen LogP contribution in [0.1, 0.15) is 25.7 Å². The largest absolute Gasteiger partial charge is 0.469 e. The number of ether oxygens (including phenoxy) is 1. The summed E-state index contributed by atoms with van der Waals surface area (Å²) in [6.45, 7) is 2.38. The molecule has 14 heavy (non-hydrogen) atoms. The highest BCUT2D eigenvalue weighted by atomic mass is 33.1. The highest BCUT2D eigenvalue weighted by molar-refractivity contribution is 8.75. The number of carbonyl (C=O) groups excluding carboxylic acids is 1. The molecule has 5 heteroatoms. The molecule has 0 aromatic rings. The third kappa shape index (κ3) is 5.12. The second-order valence-electron chi connectivity index (χ2n) is 3.21. The lowest BCUT2D eigenvalue weighted by Crippen LogP contribution is -2.22. The number of methoxy groups -OCH3 is 1. The lowest BCUT2D eigenvalue weighted by atomic mass is 10.2. The minimum Gasteiger partial charge on any atom is -0.469 e. The summed E-state index contributed by atoms with van der Waals surface area (Å²) in [5.41, 5.74) is 0. The van der Waals surface area contributed by atoms with E-state index in [1.54, 1.807) is 21.8 Å². The van der Waals surface area contributed by atoms with Crippen LogP contribution in [-0.2, 0) is 9.53 Å². The van der Waals surface area contributed by atoms with E-state index in [1.165, 1.54) is 39.5 Å². The quantitative estimate of drug-likeness (QED) is 0.316. The summed E-state index contributed by atoms with van der Waals surface area (Å²) in [6.07, 6.45) is 4.50. The van der Waals surface area contributed by atoms with Crippen molar-refractivity contribution in [1.29, 1.82) is 0 Å². The van der Waals surface area contributed by atoms with Crippen molar-refractivity contribution in [1.82, 2.24) is 4.31 Å². The van der Waals surface area contributed by atoms with Gasteiger partial charge in [0.1, 0.15) is 0 Å². The van der Waals surface area contributed by atoms with Gasteiger partial charge in [-0.1, -0.05) is 17.2 Å². The van der Waals surface area contributed by atoms with Crippen molar-refractivity contribution >= 4 is 27.7 Å². The molecule has 1 heterocycles. The van der Waals surface area contributed by atoms with E-state index >= 15 is 0 Å². The van der Waals surface area contributed by atoms with E-state index in [4.69, 9.17) is 0 Å². The molecule has 1 aliphatic heterocycles. The predicted octanol–water partition coefficient (Wildman–Crippen LogP) is 2.33. The predicted molar refractivity (Wildman–Crippen MR) is 62.1 cm³/mol. The standard InChI is InChI=1S/C9H17NO2S2/c1-12-9(11)5-8-13-14-10-6-3-2-4-7-10/h2-8H2,1H3. The topological polar surface area (TPSA) is 29.5 Å². The highest BCUT2D eigenvalue weighted by Gasteiger charge is 2.10. The van der Waals surface area contributed by atoms with Crippen LogP contribution >= 0.6 is 21.8 Å². The molecule has 3 nitrogen and oxygen atoms in total. The monoisotopic (exact) mass is 235 g/mol. The Balaban J connectivity index is 1.94. The van der Waals surface area contributed by atoms with Gasteiger partial charge >= 0.3 is 5.97 Å². The Hall–Kier alpha value is 0.130. The van der Waals surface area contributed by atoms with Crippen molar-refractivity contribution in [3.8, 4) is 0 Å². The van der Waals surface area contributed by atoms with Crippen LogP contribution in [0.2, 0.25) is 0 Å². The first-order valence-corrected chi connectivity index (χ1v) is 7.22. The van der Waals surface area contributed by atoms with Crippen molar-refractivity contribution in [3.63, 3.8) is 0 Å². The van der Waals surface area contributed by atoms with Crippen molar-refractivity contribution in [2.45, 2.75) is 25.7 Å². The first kappa shape index (κ1) is 12.2. The Labute approximate surface area is 93.5 Å². The van der Waals surface area contributed by atoms with Crippen LogP contribution in [0, 0.1) is 0 Å². The molecular formula is C9H17NO2S2. The summed E-state index contributed by atoms with van der Waals surface area (Å²) < 4.78 is 6.95. The van der Waals surface area contributed by atoms with Gasteiger partial charge in [-0.3, -0.25) is 4.79 Å². The van der Waals surface area contributed by atoms with Gasteiger partial charge in [0.2, 0.25) is 0 Å². The first-order valence-electron chi connectivity index (χ1n) is 4.94. The van der Waals surface area contributed by atoms with Gasteiger partial charge in [0.25, 0.3) is 0 Å². The summed E-state index contributed by atoms with van der Waals surface area (Å²) in [7, 11) is 4.97. The summed E-state index contributed by atoms with van der Waals surface area (Å²) in [6, 6.07) is 0. The average Bonchev–Trinajstić information content (AvgIpc) is 2.25. The van der Waals surface area contributed by atoms with Crippen LogP contribution in [0.15, 0.2) is 0 Å². The minimum atomic E-state index is -0.114. The number of carbonyl (C=O) groups is 1. The Kier molecular flexibility index (Phi) is 6.47. The summed E-state index contributed by atoms with van der Waals surface area (Å²) >= 11 is 0. The molecule has 0 amide bonds. The van der Waals surface area contributed by atoms with E-state index in [1.807, 2.05) is 0 Å². The molecule has 82 valence electrons. The van der Waals surface area contributed by atoms with Gasteiger partial charge in [0.15, 0.2) is 0 Å². The zero-order chi connectivity index (χ0) is 10.2. The zero-order valence-electron chi connectivity index (χ0n) is 8.53. The van der Waals surface area contributed by atoms with Gasteiger partial charge < -0.3 is 4.74 Å². The normalized spacial score (nSPS) is 18.1. The molecule has 0 unspecified atom stereocenters. The third-order valence-electron chi connectivity index (χ3n) is 2.09. The number of rotatable bonds is 5. The van der Waals surface area contributed by atoms with Gasteiger partial charge in [-0.05, 0) is 23.8 Å². The summed E-state index contributed by atoms with van der Waals surface area (Å²) in [4.78, 5) is 10.8. The van der Waals surface area contributed by atoms with Crippen molar-refractivity contribution in [2.75, 3.05) is 26.0 Å². The van der Waals surface area contributed by atoms with Gasteiger partial charge in [0.05, 0.1) is 13.5 Å². The smallest absolute Gasteiger partial charge is 0.306 e. The number of esters is 1. The van der Waals surface area contributed by atoms with Crippen LogP contribution in [-0.4, -0.2) is 36.2 Å². The maximum absolute atomic E-state index is 10.8. The van der Waals surface area contributed by atoms with Crippen LogP contribution < -0.4 is 0 Å². The van der Waals surface area contributed by atoms with Crippen LogP contribution in [0.25, 0.3) is 0 Å². The van der Waals surface area contributed by atoms with Crippen LogP contribution in [0.3, 0.4) is 0 Å². The van der Waals surface area contributed by atoms with Crippen LogP contribution in [0.5, 0.6) is 0 Å². The Morgan fingerprint density at radius 1 is 1.36 bits per heavy atom. The minimum absolute atomic E-state index is 0.114. The van der Waals surface area contributed by atoms with E-state index in [0.717, 1.165) is 5.75 Å². The molecule has 0 N–H and O–H groups in total. The maximum Gasteiger partial charge on any atom is 0.306 e. The Morgan fingerprint density at radius 2 is 2.07 bits per heavy atom. The zero-order valence-corrected chi connectivity index (χ0v) is 10.2. The van der Waals surface area contributed by atoms with Crippen molar-refractivity contribution in [3.05, 3.63) is 0 Å². The molecule has 0 aromatic carbocycles. The summed E-state index contributed by atoms with van der Waals surface area (Å²) in [5, 5.41) is 0. The molecule has 0 bridgehead atoms. The Bertz CT molecular complexity index is 172. The van der Waals surface area contributed by atoms with E-state index in [0.29, 0.717) is 6.42 Å². The average molecular weight is 235 g/mol. The number of piperidine rings is 1. The van der Waals surface area contributed by atoms with E-state index < -0.39 is 0 Å². The molecule has 1 rings (SSSR count). The molecule has 0 radical (unpaired) electrons. The fourth-order valence-electron chi connectivity index (χ4n) is 1.28. The maximum atomic E-state index is 10.8. The van der Waals surface area contributed by atoms with Gasteiger partial charge in [-0.25, -0.2) is 4.31 Å². The molecular weight excluding hydrogens is 218 g/mol. The third-order valence-corrected chi connectivity index (χ3v) is 4.59. The molecule has 1 saturated heterocycles. The summed E-state index contributed by atoms with van der Waals surface area (Å²) in [5.74, 6) is 0.727. The van der Waals surface area contributed by atoms with Crippen molar-refractivity contribution in [2.24, 2.45) is 0 Å². The van der Waals surface area contributed by atoms with Crippen molar-refractivity contribution < 1.29 is 9.53 Å². The number of hydrogen-bond donors (Lipinski definition) is 0. The molecule has 0 aromatic heterocycles. The van der Waals surface area contributed by atoms with Crippen LogP contribution in [0.4, 0.5) is 0 Å². The molecule has 0 atom stereocenters. The van der Waals surface area contributed by atoms with Gasteiger partial charge in [-0.2, -0.15) is 0 Å². The first-order chi connectivity index (χ1) is 6.83. The molecule has 1 fully saturated rings. The second-order valence-corrected chi connectivity index (χ2v) is 5.68. The number of nitrogens with zero attached hydrogens (tertiary/aromatic N) is 1. The van der Waals surface area contributed by atoms with E-state index in [9.17, 15) is 4.79 Å². The molecule has 0 saturated carbocycles. The fourth-order valence-corrected chi connectivity index (χ4v) is 3.53. The second kappa shape index (κ2) is 7.43. The molecule has 1 aliphatic rings. The highest BCUT2D eigenvalue weighted by Crippen LogP contribution is 2.29. The van der Waals surface area contributed by atoms with Gasteiger partial charge in [-0.15, -0.1) is 0 Å². The Morgan fingerprint density at radius 3 is 2.71 bits per heavy atom. The fraction of sp³-hybridized carbons (Fsp3) is 0.889. The van der Waals surface area contributed by atoms with Gasteiger partial charge in [0, 0.05) is 18.8 Å². The molecule has 0 aliphatic carbocycles. The lowest BCUT2D eigenvalue weighted by Gasteiger charge is -2.24. The SMILES string of the molecule is COC(=O)CCSSN1CCCCC1.